The van der Waals surface area contributed by atoms with Crippen LogP contribution in [0.1, 0.15) is 16.7 Å². The number of nitrogens with two attached hydrogens (primary N) is 1. The lowest BCUT2D eigenvalue weighted by Gasteiger charge is -2.12. The van der Waals surface area contributed by atoms with Crippen LogP contribution in [0.5, 0.6) is 0 Å². The van der Waals surface area contributed by atoms with Crippen LogP contribution < -0.4 is 5.73 Å². The van der Waals surface area contributed by atoms with Gasteiger partial charge in [0.05, 0.1) is 6.54 Å². The zero-order chi connectivity index (χ0) is 30.2. The molecule has 214 valence electrons. The standard InChI is InChI=1S/C41H29N3O/c42-40(28-12-2-1-3-13-28)44-41(30-24-23-27-11-4-5-14-29(27)25-30)43-26-31-15-8-18-33-32(31)17-9-19-34(33)35-20-10-22-38-39(35)36-16-6-7-21-37(36)45-38/h1-25H,26H2,(H2,42,43,44). The summed E-state index contributed by atoms with van der Waals surface area (Å²) in [6.07, 6.45) is 0. The molecule has 0 amide bonds. The largest absolute Gasteiger partial charge is 0.456 e. The minimum Gasteiger partial charge on any atom is -0.456 e. The average Bonchev–Trinajstić information content (AvgIpc) is 3.49. The van der Waals surface area contributed by atoms with E-state index in [4.69, 9.17) is 20.1 Å². The van der Waals surface area contributed by atoms with Crippen LogP contribution in [-0.4, -0.2) is 11.7 Å². The maximum Gasteiger partial charge on any atom is 0.157 e. The number of benzene rings is 7. The Balaban J connectivity index is 1.25. The van der Waals surface area contributed by atoms with E-state index >= 15 is 0 Å². The van der Waals surface area contributed by atoms with E-state index in [-0.39, 0.29) is 0 Å². The summed E-state index contributed by atoms with van der Waals surface area (Å²) in [4.78, 5) is 9.98. The number of fused-ring (bicyclic) bond motifs is 5. The van der Waals surface area contributed by atoms with Gasteiger partial charge in [-0.05, 0) is 56.4 Å². The molecule has 0 saturated carbocycles. The molecule has 0 radical (unpaired) electrons. The summed E-state index contributed by atoms with van der Waals surface area (Å²) in [6, 6.07) is 51.9. The molecule has 0 fully saturated rings. The van der Waals surface area contributed by atoms with Crippen LogP contribution in [0.3, 0.4) is 0 Å². The first-order valence-electron chi connectivity index (χ1n) is 15.1. The third kappa shape index (κ3) is 4.92. The second-order valence-electron chi connectivity index (χ2n) is 11.2. The highest BCUT2D eigenvalue weighted by atomic mass is 16.3. The van der Waals surface area contributed by atoms with Crippen molar-refractivity contribution in [1.82, 2.24) is 0 Å². The fourth-order valence-corrected chi connectivity index (χ4v) is 6.21. The lowest BCUT2D eigenvalue weighted by molar-refractivity contribution is 0.669. The van der Waals surface area contributed by atoms with Crippen molar-refractivity contribution in [2.24, 2.45) is 15.7 Å². The van der Waals surface area contributed by atoms with Crippen LogP contribution in [0.25, 0.3) is 54.6 Å². The van der Waals surface area contributed by atoms with Crippen molar-refractivity contribution in [2.75, 3.05) is 0 Å². The molecule has 4 heteroatoms. The summed E-state index contributed by atoms with van der Waals surface area (Å²) in [5, 5.41) is 6.88. The SMILES string of the molecule is NC(=NC(=NCc1cccc2c(-c3cccc4oc5ccccc5c34)cccc12)c1ccc2ccccc2c1)c1ccccc1. The van der Waals surface area contributed by atoms with Gasteiger partial charge in [0.2, 0.25) is 0 Å². The average molecular weight is 580 g/mol. The molecule has 4 nitrogen and oxygen atoms in total. The van der Waals surface area contributed by atoms with Gasteiger partial charge in [-0.2, -0.15) is 0 Å². The molecular formula is C41H29N3O. The lowest BCUT2D eigenvalue weighted by atomic mass is 9.93. The Hall–Kier alpha value is -6.00. The minimum absolute atomic E-state index is 0.433. The molecule has 0 atom stereocenters. The highest BCUT2D eigenvalue weighted by Gasteiger charge is 2.15. The Morgan fingerprint density at radius 1 is 0.533 bits per heavy atom. The van der Waals surface area contributed by atoms with Crippen molar-refractivity contribution in [3.05, 3.63) is 168 Å². The van der Waals surface area contributed by atoms with Gasteiger partial charge < -0.3 is 10.2 Å². The Kier molecular flexibility index (Phi) is 6.65. The number of rotatable bonds is 5. The zero-order valence-corrected chi connectivity index (χ0v) is 24.5. The molecule has 0 aliphatic carbocycles. The summed E-state index contributed by atoms with van der Waals surface area (Å²) in [7, 11) is 0. The van der Waals surface area contributed by atoms with Crippen LogP contribution in [-0.2, 0) is 6.54 Å². The first-order chi connectivity index (χ1) is 22.2. The highest BCUT2D eigenvalue weighted by molar-refractivity contribution is 6.15. The molecule has 8 rings (SSSR count). The zero-order valence-electron chi connectivity index (χ0n) is 24.5. The van der Waals surface area contributed by atoms with Crippen LogP contribution in [0.15, 0.2) is 166 Å². The normalized spacial score (nSPS) is 12.4. The Morgan fingerprint density at radius 2 is 1.22 bits per heavy atom. The van der Waals surface area contributed by atoms with Gasteiger partial charge in [-0.25, -0.2) is 4.99 Å². The molecule has 0 aliphatic heterocycles. The van der Waals surface area contributed by atoms with E-state index in [1.807, 2.05) is 60.7 Å². The van der Waals surface area contributed by atoms with Gasteiger partial charge in [0.1, 0.15) is 17.0 Å². The minimum atomic E-state index is 0.433. The summed E-state index contributed by atoms with van der Waals surface area (Å²) in [6.45, 7) is 0.452. The van der Waals surface area contributed by atoms with Gasteiger partial charge in [-0.3, -0.25) is 4.99 Å². The number of hydrogen-bond donors (Lipinski definition) is 1. The van der Waals surface area contributed by atoms with E-state index in [0.717, 1.165) is 60.5 Å². The van der Waals surface area contributed by atoms with Crippen LogP contribution >= 0.6 is 0 Å². The number of amidine groups is 2. The third-order valence-corrected chi connectivity index (χ3v) is 8.41. The van der Waals surface area contributed by atoms with Gasteiger partial charge in [0, 0.05) is 21.9 Å². The number of furan rings is 1. The number of hydrogen-bond acceptors (Lipinski definition) is 2. The summed E-state index contributed by atoms with van der Waals surface area (Å²) >= 11 is 0. The van der Waals surface area contributed by atoms with E-state index in [9.17, 15) is 0 Å². The van der Waals surface area contributed by atoms with Crippen molar-refractivity contribution in [3.8, 4) is 11.1 Å². The molecule has 0 unspecified atom stereocenters. The topological polar surface area (TPSA) is 63.9 Å². The smallest absolute Gasteiger partial charge is 0.157 e. The van der Waals surface area contributed by atoms with Gasteiger partial charge in [0.15, 0.2) is 5.84 Å². The number of para-hydroxylation sites is 1. The fourth-order valence-electron chi connectivity index (χ4n) is 6.21. The first-order valence-corrected chi connectivity index (χ1v) is 15.1. The Labute approximate surface area is 260 Å². The van der Waals surface area contributed by atoms with Crippen LogP contribution in [0.2, 0.25) is 0 Å². The van der Waals surface area contributed by atoms with E-state index in [0.29, 0.717) is 18.2 Å². The maximum atomic E-state index is 6.53. The predicted molar refractivity (Wildman–Crippen MR) is 188 cm³/mol. The Bertz CT molecular complexity index is 2420. The van der Waals surface area contributed by atoms with E-state index in [1.165, 1.54) is 10.8 Å². The predicted octanol–water partition coefficient (Wildman–Crippen LogP) is 9.91. The third-order valence-electron chi connectivity index (χ3n) is 8.41. The molecule has 8 aromatic rings. The van der Waals surface area contributed by atoms with Gasteiger partial charge in [0.25, 0.3) is 0 Å². The molecule has 1 heterocycles. The van der Waals surface area contributed by atoms with Crippen LogP contribution in [0, 0.1) is 0 Å². The van der Waals surface area contributed by atoms with E-state index in [1.54, 1.807) is 0 Å². The van der Waals surface area contributed by atoms with Crippen molar-refractivity contribution < 1.29 is 4.42 Å². The summed E-state index contributed by atoms with van der Waals surface area (Å²) < 4.78 is 6.21. The molecular weight excluding hydrogens is 550 g/mol. The number of aliphatic imine (C=N–C) groups is 2. The van der Waals surface area contributed by atoms with Gasteiger partial charge in [-0.1, -0.05) is 133 Å². The fraction of sp³-hybridized carbons (Fsp3) is 0.0244. The van der Waals surface area contributed by atoms with Gasteiger partial charge >= 0.3 is 0 Å². The first kappa shape index (κ1) is 26.6. The molecule has 1 aromatic heterocycles. The molecule has 0 saturated heterocycles. The molecule has 0 aliphatic rings. The van der Waals surface area contributed by atoms with Crippen molar-refractivity contribution in [1.29, 1.82) is 0 Å². The van der Waals surface area contributed by atoms with Gasteiger partial charge in [-0.15, -0.1) is 0 Å². The highest BCUT2D eigenvalue weighted by Crippen LogP contribution is 2.39. The number of nitrogens with zero attached hydrogens (tertiary/aromatic N) is 2. The molecule has 7 aromatic carbocycles. The van der Waals surface area contributed by atoms with Crippen molar-refractivity contribution in [2.45, 2.75) is 6.54 Å². The summed E-state index contributed by atoms with van der Waals surface area (Å²) in [5.41, 5.74) is 13.5. The van der Waals surface area contributed by atoms with E-state index in [2.05, 4.69) is 91.0 Å². The van der Waals surface area contributed by atoms with Crippen molar-refractivity contribution >= 4 is 55.2 Å². The maximum absolute atomic E-state index is 6.53. The lowest BCUT2D eigenvalue weighted by Crippen LogP contribution is -2.16. The second-order valence-corrected chi connectivity index (χ2v) is 11.2. The molecule has 2 N–H and O–H groups in total. The Morgan fingerprint density at radius 3 is 2.13 bits per heavy atom. The monoisotopic (exact) mass is 579 g/mol. The van der Waals surface area contributed by atoms with E-state index < -0.39 is 0 Å². The quantitative estimate of drug-likeness (QED) is 0.163. The molecule has 45 heavy (non-hydrogen) atoms. The molecule has 0 spiro atoms. The second kappa shape index (κ2) is 11.3. The van der Waals surface area contributed by atoms with Crippen molar-refractivity contribution in [3.63, 3.8) is 0 Å². The van der Waals surface area contributed by atoms with Crippen LogP contribution in [0.4, 0.5) is 0 Å². The molecule has 0 bridgehead atoms. The summed E-state index contributed by atoms with van der Waals surface area (Å²) in [5.74, 6) is 1.04.